The Bertz CT molecular complexity index is 1300. The molecule has 0 spiro atoms. The van der Waals surface area contributed by atoms with Crippen LogP contribution in [0.3, 0.4) is 0 Å². The van der Waals surface area contributed by atoms with E-state index in [4.69, 9.17) is 24.1 Å². The second-order valence-electron chi connectivity index (χ2n) is 7.17. The molecule has 11 heteroatoms. The van der Waals surface area contributed by atoms with Crippen LogP contribution in [0.15, 0.2) is 73.1 Å². The molecule has 0 fully saturated rings. The third kappa shape index (κ3) is 6.98. The Kier molecular flexibility index (Phi) is 8.50. The number of ether oxygens (including phenoxy) is 3. The molecule has 0 unspecified atom stereocenters. The van der Waals surface area contributed by atoms with E-state index in [1.807, 2.05) is 66.7 Å². The minimum Gasteiger partial charge on any atom is -0.493 e. The maximum Gasteiger partial charge on any atom is 0.490 e. The van der Waals surface area contributed by atoms with E-state index in [0.29, 0.717) is 23.9 Å². The van der Waals surface area contributed by atoms with Gasteiger partial charge in [0.25, 0.3) is 0 Å². The lowest BCUT2D eigenvalue weighted by Crippen LogP contribution is -2.21. The van der Waals surface area contributed by atoms with Gasteiger partial charge in [0, 0.05) is 17.1 Å². The number of alkyl halides is 3. The summed E-state index contributed by atoms with van der Waals surface area (Å²) in [4.78, 5) is 17.6. The molecular formula is C25H22F3N3O5. The molecule has 0 bridgehead atoms. The van der Waals surface area contributed by atoms with Crippen LogP contribution >= 0.6 is 0 Å². The summed E-state index contributed by atoms with van der Waals surface area (Å²) in [6.45, 7) is 0.534. The van der Waals surface area contributed by atoms with E-state index in [1.54, 1.807) is 14.2 Å². The monoisotopic (exact) mass is 501 g/mol. The van der Waals surface area contributed by atoms with Gasteiger partial charge in [0.2, 0.25) is 0 Å². The zero-order valence-electron chi connectivity index (χ0n) is 19.2. The van der Waals surface area contributed by atoms with Gasteiger partial charge in [-0.15, -0.1) is 0 Å². The number of rotatable bonds is 7. The molecular weight excluding hydrogens is 479 g/mol. The van der Waals surface area contributed by atoms with Crippen LogP contribution in [0.1, 0.15) is 5.56 Å². The van der Waals surface area contributed by atoms with Crippen LogP contribution in [0, 0.1) is 0 Å². The van der Waals surface area contributed by atoms with Crippen LogP contribution in [-0.2, 0) is 11.4 Å². The van der Waals surface area contributed by atoms with Gasteiger partial charge in [0.05, 0.1) is 19.7 Å². The van der Waals surface area contributed by atoms with Gasteiger partial charge in [-0.3, -0.25) is 0 Å². The lowest BCUT2D eigenvalue weighted by atomic mass is 10.2. The van der Waals surface area contributed by atoms with Crippen molar-refractivity contribution in [1.29, 1.82) is 0 Å². The number of hydrogen-bond acceptors (Lipinski definition) is 7. The summed E-state index contributed by atoms with van der Waals surface area (Å²) in [5.74, 6) is -0.00756. The number of anilines is 2. The lowest BCUT2D eigenvalue weighted by molar-refractivity contribution is -0.192. The number of carboxylic acid groups (broad SMARTS) is 1. The summed E-state index contributed by atoms with van der Waals surface area (Å²) in [5.41, 5.74) is 2.79. The highest BCUT2D eigenvalue weighted by molar-refractivity contribution is 5.93. The molecule has 0 aliphatic carbocycles. The molecule has 2 N–H and O–H groups in total. The average molecular weight is 501 g/mol. The molecule has 0 aliphatic rings. The second-order valence-corrected chi connectivity index (χ2v) is 7.17. The molecule has 4 aromatic rings. The van der Waals surface area contributed by atoms with Crippen LogP contribution in [0.4, 0.5) is 24.7 Å². The van der Waals surface area contributed by atoms with E-state index in [0.717, 1.165) is 27.9 Å². The fraction of sp³-hybridized carbons (Fsp3) is 0.160. The summed E-state index contributed by atoms with van der Waals surface area (Å²) in [5, 5.41) is 11.3. The Morgan fingerprint density at radius 3 is 2.14 bits per heavy atom. The van der Waals surface area contributed by atoms with Crippen LogP contribution < -0.4 is 19.5 Å². The Labute approximate surface area is 204 Å². The van der Waals surface area contributed by atoms with E-state index < -0.39 is 12.1 Å². The third-order valence-electron chi connectivity index (χ3n) is 4.75. The number of methoxy groups -OCH3 is 2. The molecule has 0 radical (unpaired) electrons. The first kappa shape index (κ1) is 26.1. The number of carboxylic acids is 1. The Morgan fingerprint density at radius 2 is 1.56 bits per heavy atom. The van der Waals surface area contributed by atoms with Gasteiger partial charge in [0.1, 0.15) is 24.5 Å². The molecule has 8 nitrogen and oxygen atoms in total. The minimum absolute atomic E-state index is 0.534. The minimum atomic E-state index is -5.08. The number of aromatic nitrogens is 2. The fourth-order valence-corrected chi connectivity index (χ4v) is 2.99. The normalized spacial score (nSPS) is 10.7. The molecule has 188 valence electrons. The maximum atomic E-state index is 10.6. The number of nitrogens with zero attached hydrogens (tertiary/aromatic N) is 2. The second kappa shape index (κ2) is 11.7. The van der Waals surface area contributed by atoms with Crippen molar-refractivity contribution in [1.82, 2.24) is 9.97 Å². The first-order valence-corrected chi connectivity index (χ1v) is 10.4. The van der Waals surface area contributed by atoms with Crippen molar-refractivity contribution in [2.24, 2.45) is 0 Å². The highest BCUT2D eigenvalue weighted by Crippen LogP contribution is 2.34. The molecule has 0 saturated carbocycles. The van der Waals surface area contributed by atoms with Crippen molar-refractivity contribution in [2.45, 2.75) is 12.8 Å². The van der Waals surface area contributed by atoms with Crippen molar-refractivity contribution < 1.29 is 37.3 Å². The highest BCUT2D eigenvalue weighted by atomic mass is 19.4. The number of carbonyl (C=O) groups is 1. The summed E-state index contributed by atoms with van der Waals surface area (Å²) in [6, 6.07) is 21.5. The van der Waals surface area contributed by atoms with Gasteiger partial charge in [-0.25, -0.2) is 14.8 Å². The summed E-state index contributed by atoms with van der Waals surface area (Å²) in [7, 11) is 3.21. The number of nitrogens with one attached hydrogen (secondary N) is 1. The molecule has 3 aromatic carbocycles. The Morgan fingerprint density at radius 1 is 0.944 bits per heavy atom. The van der Waals surface area contributed by atoms with Gasteiger partial charge < -0.3 is 24.6 Å². The van der Waals surface area contributed by atoms with Gasteiger partial charge >= 0.3 is 12.1 Å². The number of halogens is 3. The van der Waals surface area contributed by atoms with Crippen molar-refractivity contribution in [2.75, 3.05) is 19.5 Å². The first-order chi connectivity index (χ1) is 17.2. The van der Waals surface area contributed by atoms with E-state index >= 15 is 0 Å². The van der Waals surface area contributed by atoms with E-state index in [-0.39, 0.29) is 0 Å². The average Bonchev–Trinajstić information content (AvgIpc) is 2.88. The van der Waals surface area contributed by atoms with E-state index in [9.17, 15) is 13.2 Å². The zero-order valence-corrected chi connectivity index (χ0v) is 19.2. The predicted octanol–water partition coefficient (Wildman–Crippen LogP) is 5.60. The van der Waals surface area contributed by atoms with Crippen LogP contribution in [0.25, 0.3) is 10.9 Å². The topological polar surface area (TPSA) is 103 Å². The zero-order chi connectivity index (χ0) is 26.1. The number of hydrogen-bond donors (Lipinski definition) is 2. The number of benzene rings is 3. The van der Waals surface area contributed by atoms with Gasteiger partial charge in [-0.2, -0.15) is 13.2 Å². The molecule has 0 saturated heterocycles. The van der Waals surface area contributed by atoms with Gasteiger partial charge in [-0.05, 0) is 35.9 Å². The highest BCUT2D eigenvalue weighted by Gasteiger charge is 2.38. The van der Waals surface area contributed by atoms with Gasteiger partial charge in [0.15, 0.2) is 11.5 Å². The van der Waals surface area contributed by atoms with Crippen LogP contribution in [0.5, 0.6) is 17.2 Å². The number of fused-ring (bicyclic) bond motifs is 1. The molecule has 36 heavy (non-hydrogen) atoms. The Balaban J connectivity index is 0.000000454. The fourth-order valence-electron chi connectivity index (χ4n) is 2.99. The summed E-state index contributed by atoms with van der Waals surface area (Å²) < 4.78 is 48.3. The molecule has 4 rings (SSSR count). The molecule has 0 atom stereocenters. The first-order valence-electron chi connectivity index (χ1n) is 10.4. The van der Waals surface area contributed by atoms with Crippen molar-refractivity contribution in [3.8, 4) is 17.2 Å². The van der Waals surface area contributed by atoms with E-state index in [2.05, 4.69) is 15.3 Å². The quantitative estimate of drug-likeness (QED) is 0.337. The Hall–Kier alpha value is -4.54. The molecule has 0 aliphatic heterocycles. The maximum absolute atomic E-state index is 10.6. The van der Waals surface area contributed by atoms with Crippen molar-refractivity contribution >= 4 is 28.4 Å². The molecule has 1 aromatic heterocycles. The van der Waals surface area contributed by atoms with E-state index in [1.165, 1.54) is 6.33 Å². The standard InChI is InChI=1S/C23H21N3O3.C2HF3O2/c1-27-21-12-19-20(13-22(21)28-2)24-15-25-23(19)26-17-8-10-18(11-9-17)29-14-16-6-4-3-5-7-16;3-2(4,5)1(6)7/h3-13,15H,14H2,1-2H3,(H,24,25,26);(H,6,7). The summed E-state index contributed by atoms with van der Waals surface area (Å²) >= 11 is 0. The lowest BCUT2D eigenvalue weighted by Gasteiger charge is -2.12. The molecule has 1 heterocycles. The van der Waals surface area contributed by atoms with Crippen LogP contribution in [0.2, 0.25) is 0 Å². The van der Waals surface area contributed by atoms with Crippen LogP contribution in [-0.4, -0.2) is 41.4 Å². The van der Waals surface area contributed by atoms with Crippen molar-refractivity contribution in [3.05, 3.63) is 78.6 Å². The van der Waals surface area contributed by atoms with Crippen molar-refractivity contribution in [3.63, 3.8) is 0 Å². The summed E-state index contributed by atoms with van der Waals surface area (Å²) in [6.07, 6.45) is -3.56. The number of aliphatic carboxylic acids is 1. The SMILES string of the molecule is COc1cc2ncnc(Nc3ccc(OCc4ccccc4)cc3)c2cc1OC.O=C(O)C(F)(F)F. The third-order valence-corrected chi connectivity index (χ3v) is 4.75. The largest absolute Gasteiger partial charge is 0.493 e. The molecule has 0 amide bonds. The van der Waals surface area contributed by atoms with Gasteiger partial charge in [-0.1, -0.05) is 30.3 Å². The smallest absolute Gasteiger partial charge is 0.490 e. The predicted molar refractivity (Wildman–Crippen MR) is 127 cm³/mol.